The molecule has 0 heterocycles. The molecule has 0 N–H and O–H groups in total. The predicted molar refractivity (Wildman–Crippen MR) is 108 cm³/mol. The highest BCUT2D eigenvalue weighted by atomic mass is 28.3. The maximum atomic E-state index is 12.0. The molecule has 0 atom stereocenters. The van der Waals surface area contributed by atoms with Crippen molar-refractivity contribution in [3.8, 4) is 0 Å². The molecule has 0 spiro atoms. The van der Waals surface area contributed by atoms with Gasteiger partial charge in [0.1, 0.15) is 8.07 Å². The molecule has 0 unspecified atom stereocenters. The summed E-state index contributed by atoms with van der Waals surface area (Å²) in [4.78, 5) is 21.9. The first kappa shape index (κ1) is 21.6. The first-order chi connectivity index (χ1) is 12.0. The zero-order valence-electron chi connectivity index (χ0n) is 16.2. The predicted octanol–water partition coefficient (Wildman–Crippen LogP) is 5.56. The van der Waals surface area contributed by atoms with E-state index in [1.54, 1.807) is 12.1 Å². The molecule has 0 saturated heterocycles. The first-order valence-electron chi connectivity index (χ1n) is 9.59. The summed E-state index contributed by atoms with van der Waals surface area (Å²) in [6.45, 7) is 11.1. The second-order valence-electron chi connectivity index (χ2n) is 7.17. The minimum atomic E-state index is -1.59. The van der Waals surface area contributed by atoms with Crippen molar-refractivity contribution in [1.29, 1.82) is 0 Å². The second-order valence-corrected chi connectivity index (χ2v) is 11.6. The molecule has 0 aromatic heterocycles. The third kappa shape index (κ3) is 8.50. The summed E-state index contributed by atoms with van der Waals surface area (Å²) >= 11 is 0. The fourth-order valence-electron chi connectivity index (χ4n) is 2.59. The van der Waals surface area contributed by atoms with Gasteiger partial charge in [-0.25, -0.2) is 4.79 Å². The third-order valence-corrected chi connectivity index (χ3v) is 7.43. The van der Waals surface area contributed by atoms with Crippen LogP contribution in [-0.2, 0) is 9.78 Å². The van der Waals surface area contributed by atoms with Gasteiger partial charge < -0.3 is 0 Å². The fraction of sp³-hybridized carbons (Fsp3) is 0.571. The number of hydrogen-bond acceptors (Lipinski definition) is 3. The van der Waals surface area contributed by atoms with Crippen molar-refractivity contribution in [3.05, 3.63) is 42.1 Å². The van der Waals surface area contributed by atoms with Crippen LogP contribution in [0.15, 0.2) is 36.5 Å². The van der Waals surface area contributed by atoms with Crippen molar-refractivity contribution < 1.29 is 14.6 Å². The topological polar surface area (TPSA) is 35.5 Å². The van der Waals surface area contributed by atoms with Gasteiger partial charge in [-0.05, 0) is 18.6 Å². The molecule has 0 fully saturated rings. The van der Waals surface area contributed by atoms with Crippen LogP contribution in [0, 0.1) is 0 Å². The average molecular weight is 363 g/mol. The summed E-state index contributed by atoms with van der Waals surface area (Å²) in [6.07, 6.45) is 9.87. The summed E-state index contributed by atoms with van der Waals surface area (Å²) in [7, 11) is -1.59. The molecule has 4 heteroatoms. The largest absolute Gasteiger partial charge is 0.373 e. The van der Waals surface area contributed by atoms with Crippen LogP contribution in [0.25, 0.3) is 0 Å². The number of rotatable bonds is 13. The SMILES string of the molecule is C=C[Si](C)(C)c1ccc(C(=O)OOCCCCCCCCCC)cc1. The van der Waals surface area contributed by atoms with Crippen molar-refractivity contribution in [2.24, 2.45) is 0 Å². The Kier molecular flexibility index (Phi) is 10.4. The average Bonchev–Trinajstić information content (AvgIpc) is 2.63. The van der Waals surface area contributed by atoms with E-state index < -0.39 is 14.0 Å². The summed E-state index contributed by atoms with van der Waals surface area (Å²) in [5.74, 6) is -0.427. The van der Waals surface area contributed by atoms with E-state index in [-0.39, 0.29) is 0 Å². The Hall–Kier alpha value is -1.39. The third-order valence-electron chi connectivity index (χ3n) is 4.59. The van der Waals surface area contributed by atoms with Crippen LogP contribution < -0.4 is 5.19 Å². The standard InChI is InChI=1S/C21H34O3Si/c1-5-7-8-9-10-11-12-13-18-23-24-21(22)19-14-16-20(17-15-19)25(3,4)6-2/h6,14-17H,2,5,7-13,18H2,1,3-4H3. The van der Waals surface area contributed by atoms with Crippen molar-refractivity contribution in [2.45, 2.75) is 71.4 Å². The molecule has 0 saturated carbocycles. The second kappa shape index (κ2) is 12.0. The minimum absolute atomic E-state index is 0.427. The highest BCUT2D eigenvalue weighted by Gasteiger charge is 2.19. The normalized spacial score (nSPS) is 11.3. The number of carbonyl (C=O) groups excluding carboxylic acids is 1. The van der Waals surface area contributed by atoms with Crippen molar-refractivity contribution >= 4 is 19.2 Å². The molecule has 1 aromatic carbocycles. The summed E-state index contributed by atoms with van der Waals surface area (Å²) in [5, 5.41) is 1.25. The molecule has 0 amide bonds. The lowest BCUT2D eigenvalue weighted by Gasteiger charge is -2.17. The maximum Gasteiger partial charge on any atom is 0.373 e. The molecule has 0 radical (unpaired) electrons. The van der Waals surface area contributed by atoms with E-state index in [2.05, 4.69) is 26.6 Å². The van der Waals surface area contributed by atoms with Gasteiger partial charge in [-0.2, -0.15) is 4.89 Å². The molecule has 140 valence electrons. The number of unbranched alkanes of at least 4 members (excludes halogenated alkanes) is 7. The zero-order valence-corrected chi connectivity index (χ0v) is 17.2. The number of benzene rings is 1. The lowest BCUT2D eigenvalue weighted by molar-refractivity contribution is -0.241. The minimum Gasteiger partial charge on any atom is -0.293 e. The molecule has 25 heavy (non-hydrogen) atoms. The van der Waals surface area contributed by atoms with E-state index in [1.165, 1.54) is 43.7 Å². The maximum absolute atomic E-state index is 12.0. The molecular weight excluding hydrogens is 328 g/mol. The van der Waals surface area contributed by atoms with Crippen LogP contribution in [0.2, 0.25) is 13.1 Å². The van der Waals surface area contributed by atoms with Gasteiger partial charge in [0.05, 0.1) is 12.2 Å². The molecular formula is C21H34O3Si. The molecule has 1 rings (SSSR count). The molecule has 1 aromatic rings. The van der Waals surface area contributed by atoms with E-state index in [1.807, 2.05) is 17.8 Å². The van der Waals surface area contributed by atoms with Gasteiger partial charge >= 0.3 is 5.97 Å². The Balaban J connectivity index is 2.17. The van der Waals surface area contributed by atoms with Crippen LogP contribution in [-0.4, -0.2) is 20.7 Å². The quantitative estimate of drug-likeness (QED) is 0.199. The Morgan fingerprint density at radius 1 is 1.00 bits per heavy atom. The van der Waals surface area contributed by atoms with Gasteiger partial charge in [0.25, 0.3) is 0 Å². The van der Waals surface area contributed by atoms with Crippen LogP contribution in [0.5, 0.6) is 0 Å². The smallest absolute Gasteiger partial charge is 0.293 e. The van der Waals surface area contributed by atoms with Crippen LogP contribution >= 0.6 is 0 Å². The molecule has 0 aliphatic carbocycles. The van der Waals surface area contributed by atoms with E-state index in [0.29, 0.717) is 12.2 Å². The first-order valence-corrected chi connectivity index (χ1v) is 12.7. The van der Waals surface area contributed by atoms with Gasteiger partial charge in [0, 0.05) is 0 Å². The van der Waals surface area contributed by atoms with Gasteiger partial charge in [-0.15, -0.1) is 6.58 Å². The van der Waals surface area contributed by atoms with Gasteiger partial charge in [-0.3, -0.25) is 4.89 Å². The Morgan fingerprint density at radius 2 is 1.56 bits per heavy atom. The highest BCUT2D eigenvalue weighted by Crippen LogP contribution is 2.09. The molecule has 0 aliphatic heterocycles. The fourth-order valence-corrected chi connectivity index (χ4v) is 3.85. The lowest BCUT2D eigenvalue weighted by atomic mass is 10.1. The summed E-state index contributed by atoms with van der Waals surface area (Å²) < 4.78 is 0. The molecule has 0 bridgehead atoms. The summed E-state index contributed by atoms with van der Waals surface area (Å²) in [5.41, 5.74) is 2.56. The van der Waals surface area contributed by atoms with Crippen molar-refractivity contribution in [1.82, 2.24) is 0 Å². The van der Waals surface area contributed by atoms with Gasteiger partial charge in [-0.1, -0.05) is 88.0 Å². The highest BCUT2D eigenvalue weighted by molar-refractivity contribution is 6.93. The number of hydrogen-bond donors (Lipinski definition) is 0. The lowest BCUT2D eigenvalue weighted by Crippen LogP contribution is -2.39. The number of carbonyl (C=O) groups is 1. The van der Waals surface area contributed by atoms with Gasteiger partial charge in [0.15, 0.2) is 0 Å². The van der Waals surface area contributed by atoms with Crippen LogP contribution in [0.3, 0.4) is 0 Å². The van der Waals surface area contributed by atoms with E-state index in [4.69, 9.17) is 9.78 Å². The molecule has 3 nitrogen and oxygen atoms in total. The summed E-state index contributed by atoms with van der Waals surface area (Å²) in [6, 6.07) is 7.58. The Bertz CT molecular complexity index is 508. The van der Waals surface area contributed by atoms with E-state index in [9.17, 15) is 4.79 Å². The van der Waals surface area contributed by atoms with E-state index in [0.717, 1.165) is 12.8 Å². The van der Waals surface area contributed by atoms with Crippen LogP contribution in [0.4, 0.5) is 0 Å². The van der Waals surface area contributed by atoms with Crippen molar-refractivity contribution in [3.63, 3.8) is 0 Å². The molecule has 0 aliphatic rings. The zero-order chi connectivity index (χ0) is 18.5. The van der Waals surface area contributed by atoms with E-state index >= 15 is 0 Å². The van der Waals surface area contributed by atoms with Crippen molar-refractivity contribution in [2.75, 3.05) is 6.61 Å². The Labute approximate surface area is 154 Å². The van der Waals surface area contributed by atoms with Gasteiger partial charge in [0.2, 0.25) is 0 Å². The van der Waals surface area contributed by atoms with Crippen LogP contribution in [0.1, 0.15) is 68.6 Å². The monoisotopic (exact) mass is 362 g/mol. The Morgan fingerprint density at radius 3 is 2.12 bits per heavy atom.